The van der Waals surface area contributed by atoms with Crippen LogP contribution in [-0.2, 0) is 0 Å². The van der Waals surface area contributed by atoms with Crippen LogP contribution < -0.4 is 14.2 Å². The van der Waals surface area contributed by atoms with E-state index in [1.165, 1.54) is 0 Å². The number of benzene rings is 2. The quantitative estimate of drug-likeness (QED) is 0.280. The molecule has 0 spiro atoms. The van der Waals surface area contributed by atoms with Crippen molar-refractivity contribution in [3.8, 4) is 17.2 Å². The number of allylic oxidation sites excluding steroid dienone is 1. The van der Waals surface area contributed by atoms with E-state index in [1.54, 1.807) is 42.5 Å². The average molecular weight is 395 g/mol. The smallest absolute Gasteiger partial charge is 0.185 e. The zero-order chi connectivity index (χ0) is 21.4. The van der Waals surface area contributed by atoms with Gasteiger partial charge < -0.3 is 14.2 Å². The Kier molecular flexibility index (Phi) is 8.08. The van der Waals surface area contributed by atoms with E-state index >= 15 is 0 Å². The topological polar surface area (TPSA) is 44.8 Å². The minimum absolute atomic E-state index is 0.0447. The van der Waals surface area contributed by atoms with Crippen molar-refractivity contribution in [2.45, 2.75) is 46.8 Å². The van der Waals surface area contributed by atoms with E-state index in [0.717, 1.165) is 22.6 Å². The molecule has 2 aromatic carbocycles. The summed E-state index contributed by atoms with van der Waals surface area (Å²) in [7, 11) is 0. The molecular formula is C25H30O4. The summed E-state index contributed by atoms with van der Waals surface area (Å²) >= 11 is 0. The van der Waals surface area contributed by atoms with Gasteiger partial charge in [-0.2, -0.15) is 0 Å². The molecule has 4 heteroatoms. The molecule has 0 saturated heterocycles. The first-order valence-corrected chi connectivity index (χ1v) is 9.84. The fraction of sp³-hybridized carbons (Fsp3) is 0.320. The van der Waals surface area contributed by atoms with Crippen molar-refractivity contribution in [3.05, 3.63) is 71.8 Å². The third-order valence-corrected chi connectivity index (χ3v) is 4.03. The Labute approximate surface area is 173 Å². The van der Waals surface area contributed by atoms with Crippen LogP contribution in [0.2, 0.25) is 0 Å². The fourth-order valence-electron chi connectivity index (χ4n) is 2.70. The molecule has 0 atom stereocenters. The van der Waals surface area contributed by atoms with Crippen LogP contribution in [-0.4, -0.2) is 24.6 Å². The van der Waals surface area contributed by atoms with Crippen LogP contribution in [0.15, 0.2) is 55.1 Å². The predicted molar refractivity (Wildman–Crippen MR) is 118 cm³/mol. The van der Waals surface area contributed by atoms with Gasteiger partial charge in [-0.05, 0) is 82.2 Å². The maximum absolute atomic E-state index is 12.6. The second kappa shape index (κ2) is 10.5. The van der Waals surface area contributed by atoms with E-state index in [2.05, 4.69) is 6.58 Å². The molecule has 0 aromatic heterocycles. The molecule has 0 unspecified atom stereocenters. The molecule has 0 heterocycles. The van der Waals surface area contributed by atoms with Gasteiger partial charge in [-0.3, -0.25) is 4.79 Å². The number of hydrogen-bond acceptors (Lipinski definition) is 4. The Morgan fingerprint density at radius 1 is 1.00 bits per heavy atom. The summed E-state index contributed by atoms with van der Waals surface area (Å²) in [5.74, 6) is 2.10. The van der Waals surface area contributed by atoms with E-state index in [1.807, 2.05) is 46.8 Å². The summed E-state index contributed by atoms with van der Waals surface area (Å²) in [6.07, 6.45) is 5.15. The molecule has 0 amide bonds. The molecule has 0 aliphatic heterocycles. The van der Waals surface area contributed by atoms with E-state index in [4.69, 9.17) is 14.2 Å². The van der Waals surface area contributed by atoms with Crippen molar-refractivity contribution >= 4 is 11.9 Å². The van der Waals surface area contributed by atoms with Gasteiger partial charge in [0.05, 0.1) is 12.2 Å². The predicted octanol–water partition coefficient (Wildman–Crippen LogP) is 6.03. The second-order valence-electron chi connectivity index (χ2n) is 7.29. The van der Waals surface area contributed by atoms with Crippen molar-refractivity contribution in [1.29, 1.82) is 0 Å². The molecule has 0 bridgehead atoms. The lowest BCUT2D eigenvalue weighted by molar-refractivity contribution is 0.104. The van der Waals surface area contributed by atoms with Crippen molar-refractivity contribution in [2.75, 3.05) is 6.61 Å². The average Bonchev–Trinajstić information content (AvgIpc) is 2.67. The van der Waals surface area contributed by atoms with Crippen molar-refractivity contribution in [2.24, 2.45) is 0 Å². The van der Waals surface area contributed by atoms with E-state index < -0.39 is 0 Å². The lowest BCUT2D eigenvalue weighted by atomic mass is 10.0. The summed E-state index contributed by atoms with van der Waals surface area (Å²) in [6.45, 7) is 13.9. The number of carbonyl (C=O) groups is 1. The summed E-state index contributed by atoms with van der Waals surface area (Å²) in [4.78, 5) is 12.6. The van der Waals surface area contributed by atoms with E-state index in [0.29, 0.717) is 17.9 Å². The van der Waals surface area contributed by atoms with Gasteiger partial charge in [0.2, 0.25) is 0 Å². The first-order chi connectivity index (χ1) is 13.8. The maximum atomic E-state index is 12.6. The second-order valence-corrected chi connectivity index (χ2v) is 7.29. The molecule has 2 rings (SSSR count). The standard InChI is InChI=1S/C25H30O4/c1-7-14-27-22-11-8-20(9-12-22)24(26)13-10-21-15-23(28-17(2)3)16-25(19(21)6)29-18(4)5/h7-13,15-18H,1,14H2,2-6H3/b13-10+. The van der Waals surface area contributed by atoms with E-state index in [-0.39, 0.29) is 18.0 Å². The number of ether oxygens (including phenoxy) is 3. The third kappa shape index (κ3) is 6.83. The highest BCUT2D eigenvalue weighted by molar-refractivity contribution is 6.07. The molecule has 4 nitrogen and oxygen atoms in total. The van der Waals surface area contributed by atoms with Crippen molar-refractivity contribution in [1.82, 2.24) is 0 Å². The van der Waals surface area contributed by atoms with Crippen molar-refractivity contribution in [3.63, 3.8) is 0 Å². The number of hydrogen-bond donors (Lipinski definition) is 0. The van der Waals surface area contributed by atoms with Crippen LogP contribution in [0.25, 0.3) is 6.08 Å². The molecule has 2 aromatic rings. The van der Waals surface area contributed by atoms with Crippen LogP contribution in [0.5, 0.6) is 17.2 Å². The first-order valence-electron chi connectivity index (χ1n) is 9.84. The Hall–Kier alpha value is -3.01. The molecule has 0 saturated carbocycles. The molecule has 0 aliphatic rings. The SMILES string of the molecule is C=CCOc1ccc(C(=O)/C=C/c2cc(OC(C)C)cc(OC(C)C)c2C)cc1. The van der Waals surface area contributed by atoms with Gasteiger partial charge in [-0.25, -0.2) is 0 Å². The fourth-order valence-corrected chi connectivity index (χ4v) is 2.70. The van der Waals surface area contributed by atoms with Gasteiger partial charge in [0.25, 0.3) is 0 Å². The lowest BCUT2D eigenvalue weighted by Crippen LogP contribution is -2.09. The summed E-state index contributed by atoms with van der Waals surface area (Å²) < 4.78 is 17.2. The molecule has 154 valence electrons. The molecule has 0 radical (unpaired) electrons. The molecule has 0 N–H and O–H groups in total. The molecule has 0 aliphatic carbocycles. The van der Waals surface area contributed by atoms with Crippen LogP contribution in [0, 0.1) is 6.92 Å². The third-order valence-electron chi connectivity index (χ3n) is 4.03. The molecule has 0 fully saturated rings. The van der Waals surface area contributed by atoms with Gasteiger partial charge in [-0.1, -0.05) is 18.7 Å². The zero-order valence-electron chi connectivity index (χ0n) is 17.9. The van der Waals surface area contributed by atoms with Crippen LogP contribution in [0.1, 0.15) is 49.2 Å². The highest BCUT2D eigenvalue weighted by atomic mass is 16.5. The number of rotatable bonds is 10. The van der Waals surface area contributed by atoms with Crippen LogP contribution >= 0.6 is 0 Å². The van der Waals surface area contributed by atoms with Crippen LogP contribution in [0.3, 0.4) is 0 Å². The van der Waals surface area contributed by atoms with E-state index in [9.17, 15) is 4.79 Å². The minimum Gasteiger partial charge on any atom is -0.491 e. The van der Waals surface area contributed by atoms with Gasteiger partial charge >= 0.3 is 0 Å². The zero-order valence-corrected chi connectivity index (χ0v) is 17.9. The number of carbonyl (C=O) groups excluding carboxylic acids is 1. The van der Waals surface area contributed by atoms with Crippen LogP contribution in [0.4, 0.5) is 0 Å². The Morgan fingerprint density at radius 3 is 2.24 bits per heavy atom. The normalized spacial score (nSPS) is 11.1. The largest absolute Gasteiger partial charge is 0.491 e. The van der Waals surface area contributed by atoms with Gasteiger partial charge in [0, 0.05) is 11.6 Å². The number of ketones is 1. The lowest BCUT2D eigenvalue weighted by Gasteiger charge is -2.17. The molecule has 29 heavy (non-hydrogen) atoms. The minimum atomic E-state index is -0.0822. The first kappa shape index (κ1) is 22.3. The summed E-state index contributed by atoms with van der Waals surface area (Å²) in [5.41, 5.74) is 2.45. The highest BCUT2D eigenvalue weighted by Gasteiger charge is 2.11. The summed E-state index contributed by atoms with van der Waals surface area (Å²) in [6, 6.07) is 10.9. The Bertz CT molecular complexity index is 861. The van der Waals surface area contributed by atoms with Gasteiger partial charge in [-0.15, -0.1) is 0 Å². The summed E-state index contributed by atoms with van der Waals surface area (Å²) in [5, 5.41) is 0. The Morgan fingerprint density at radius 2 is 1.66 bits per heavy atom. The monoisotopic (exact) mass is 394 g/mol. The van der Waals surface area contributed by atoms with Gasteiger partial charge in [0.1, 0.15) is 23.9 Å². The van der Waals surface area contributed by atoms with Crippen molar-refractivity contribution < 1.29 is 19.0 Å². The highest BCUT2D eigenvalue weighted by Crippen LogP contribution is 2.30. The maximum Gasteiger partial charge on any atom is 0.185 e. The van der Waals surface area contributed by atoms with Gasteiger partial charge in [0.15, 0.2) is 5.78 Å². The Balaban J connectivity index is 2.25. The molecular weight excluding hydrogens is 364 g/mol.